The standard InChI is InChI=1S/C20H28N2O2/c21-20(10-13-24-14-11-20)18(23)22-12-4-9-19(15-22)8-3-6-16-5-1-2-7-17(16)19/h1-2,5,7H,3-4,6,8-15,21H2. The first-order valence-electron chi connectivity index (χ1n) is 9.37. The van der Waals surface area contributed by atoms with Crippen LogP contribution < -0.4 is 5.73 Å². The van der Waals surface area contributed by atoms with Crippen molar-refractivity contribution in [2.75, 3.05) is 26.3 Å². The minimum absolute atomic E-state index is 0.143. The molecule has 2 heterocycles. The molecule has 0 saturated carbocycles. The summed E-state index contributed by atoms with van der Waals surface area (Å²) in [4.78, 5) is 15.2. The molecule has 24 heavy (non-hydrogen) atoms. The molecule has 1 amide bonds. The number of hydrogen-bond acceptors (Lipinski definition) is 3. The maximum Gasteiger partial charge on any atom is 0.242 e. The van der Waals surface area contributed by atoms with Crippen LogP contribution in [0.1, 0.15) is 49.7 Å². The molecule has 3 aliphatic rings. The molecule has 0 aromatic heterocycles. The van der Waals surface area contributed by atoms with Crippen molar-refractivity contribution in [1.82, 2.24) is 4.90 Å². The van der Waals surface area contributed by atoms with Crippen LogP contribution in [-0.2, 0) is 21.4 Å². The second-order valence-corrected chi connectivity index (χ2v) is 7.89. The number of aryl methyl sites for hydroxylation is 1. The van der Waals surface area contributed by atoms with Gasteiger partial charge >= 0.3 is 0 Å². The highest BCUT2D eigenvalue weighted by Gasteiger charge is 2.45. The van der Waals surface area contributed by atoms with E-state index in [-0.39, 0.29) is 11.3 Å². The summed E-state index contributed by atoms with van der Waals surface area (Å²) >= 11 is 0. The van der Waals surface area contributed by atoms with Crippen molar-refractivity contribution in [3.8, 4) is 0 Å². The molecule has 0 radical (unpaired) electrons. The maximum atomic E-state index is 13.2. The van der Waals surface area contributed by atoms with E-state index in [1.165, 1.54) is 36.8 Å². The molecule has 4 nitrogen and oxygen atoms in total. The van der Waals surface area contributed by atoms with Gasteiger partial charge in [0.2, 0.25) is 5.91 Å². The van der Waals surface area contributed by atoms with Crippen LogP contribution in [0.25, 0.3) is 0 Å². The number of amides is 1. The molecule has 2 aliphatic heterocycles. The SMILES string of the molecule is NC1(C(=O)N2CCCC3(CCCc4ccccc43)C2)CCOCC1. The number of likely N-dealkylation sites (tertiary alicyclic amines) is 1. The summed E-state index contributed by atoms with van der Waals surface area (Å²) < 4.78 is 5.41. The van der Waals surface area contributed by atoms with Gasteiger partial charge in [0.15, 0.2) is 0 Å². The number of nitrogens with zero attached hydrogens (tertiary/aromatic N) is 1. The Balaban J connectivity index is 1.59. The van der Waals surface area contributed by atoms with Crippen LogP contribution in [0.5, 0.6) is 0 Å². The third-order valence-electron chi connectivity index (χ3n) is 6.37. The van der Waals surface area contributed by atoms with Crippen molar-refractivity contribution >= 4 is 5.91 Å². The van der Waals surface area contributed by atoms with Crippen LogP contribution in [0.4, 0.5) is 0 Å². The third kappa shape index (κ3) is 2.66. The van der Waals surface area contributed by atoms with Crippen molar-refractivity contribution in [3.63, 3.8) is 0 Å². The lowest BCUT2D eigenvalue weighted by atomic mass is 9.65. The number of hydrogen-bond donors (Lipinski definition) is 1. The van der Waals surface area contributed by atoms with Gasteiger partial charge in [-0.15, -0.1) is 0 Å². The smallest absolute Gasteiger partial charge is 0.242 e. The quantitative estimate of drug-likeness (QED) is 0.861. The minimum Gasteiger partial charge on any atom is -0.381 e. The molecule has 0 bridgehead atoms. The molecule has 4 heteroatoms. The lowest BCUT2D eigenvalue weighted by Crippen LogP contribution is -2.61. The fraction of sp³-hybridized carbons (Fsp3) is 0.650. The normalized spacial score (nSPS) is 29.3. The van der Waals surface area contributed by atoms with E-state index in [9.17, 15) is 4.79 Å². The van der Waals surface area contributed by atoms with Crippen LogP contribution in [-0.4, -0.2) is 42.6 Å². The van der Waals surface area contributed by atoms with E-state index in [2.05, 4.69) is 29.2 Å². The number of benzene rings is 1. The van der Waals surface area contributed by atoms with E-state index in [0.29, 0.717) is 26.1 Å². The Labute approximate surface area is 144 Å². The van der Waals surface area contributed by atoms with Crippen molar-refractivity contribution in [2.24, 2.45) is 5.73 Å². The van der Waals surface area contributed by atoms with Gasteiger partial charge in [-0.2, -0.15) is 0 Å². The van der Waals surface area contributed by atoms with Crippen LogP contribution in [0.15, 0.2) is 24.3 Å². The largest absolute Gasteiger partial charge is 0.381 e. The Bertz CT molecular complexity index is 624. The van der Waals surface area contributed by atoms with Crippen LogP contribution in [0.2, 0.25) is 0 Å². The van der Waals surface area contributed by atoms with Crippen LogP contribution in [0, 0.1) is 0 Å². The number of ether oxygens (including phenoxy) is 1. The second kappa shape index (κ2) is 6.16. The lowest BCUT2D eigenvalue weighted by molar-refractivity contribution is -0.143. The average molecular weight is 328 g/mol. The summed E-state index contributed by atoms with van der Waals surface area (Å²) in [5.74, 6) is 0.146. The number of rotatable bonds is 1. The monoisotopic (exact) mass is 328 g/mol. The van der Waals surface area contributed by atoms with Crippen molar-refractivity contribution < 1.29 is 9.53 Å². The average Bonchev–Trinajstić information content (AvgIpc) is 2.62. The van der Waals surface area contributed by atoms with Gasteiger partial charge in [-0.05, 0) is 56.1 Å². The van der Waals surface area contributed by atoms with Gasteiger partial charge in [0.1, 0.15) is 0 Å². The molecule has 1 spiro atoms. The first-order chi connectivity index (χ1) is 11.6. The Morgan fingerprint density at radius 1 is 1.08 bits per heavy atom. The van der Waals surface area contributed by atoms with E-state index in [1.807, 2.05) is 0 Å². The van der Waals surface area contributed by atoms with Gasteiger partial charge in [-0.25, -0.2) is 0 Å². The number of carbonyl (C=O) groups excluding carboxylic acids is 1. The molecular formula is C20H28N2O2. The molecule has 1 aromatic carbocycles. The van der Waals surface area contributed by atoms with E-state index < -0.39 is 5.54 Å². The summed E-state index contributed by atoms with van der Waals surface area (Å²) in [6.07, 6.45) is 7.14. The lowest BCUT2D eigenvalue weighted by Gasteiger charge is -2.48. The summed E-state index contributed by atoms with van der Waals surface area (Å²) in [5, 5.41) is 0. The predicted molar refractivity (Wildman–Crippen MR) is 93.8 cm³/mol. The Morgan fingerprint density at radius 2 is 1.83 bits per heavy atom. The molecule has 2 N–H and O–H groups in total. The maximum absolute atomic E-state index is 13.2. The van der Waals surface area contributed by atoms with E-state index in [4.69, 9.17) is 10.5 Å². The Morgan fingerprint density at radius 3 is 2.67 bits per heavy atom. The highest BCUT2D eigenvalue weighted by atomic mass is 16.5. The zero-order valence-electron chi connectivity index (χ0n) is 14.4. The first-order valence-corrected chi connectivity index (χ1v) is 9.37. The molecular weight excluding hydrogens is 300 g/mol. The Kier molecular flexibility index (Phi) is 4.13. The van der Waals surface area contributed by atoms with Gasteiger partial charge in [-0.3, -0.25) is 4.79 Å². The molecule has 2 saturated heterocycles. The van der Waals surface area contributed by atoms with E-state index in [0.717, 1.165) is 19.5 Å². The van der Waals surface area contributed by atoms with Crippen molar-refractivity contribution in [3.05, 3.63) is 35.4 Å². The van der Waals surface area contributed by atoms with Gasteiger partial charge in [0.25, 0.3) is 0 Å². The Hall–Kier alpha value is -1.39. The van der Waals surface area contributed by atoms with Crippen molar-refractivity contribution in [1.29, 1.82) is 0 Å². The summed E-state index contributed by atoms with van der Waals surface area (Å²) in [5.41, 5.74) is 8.86. The highest BCUT2D eigenvalue weighted by Crippen LogP contribution is 2.44. The van der Waals surface area contributed by atoms with Crippen LogP contribution in [0.3, 0.4) is 0 Å². The second-order valence-electron chi connectivity index (χ2n) is 7.89. The van der Waals surface area contributed by atoms with Gasteiger partial charge < -0.3 is 15.4 Å². The zero-order chi connectivity index (χ0) is 16.6. The van der Waals surface area contributed by atoms with E-state index >= 15 is 0 Å². The van der Waals surface area contributed by atoms with Gasteiger partial charge in [0.05, 0.1) is 5.54 Å². The minimum atomic E-state index is -0.717. The topological polar surface area (TPSA) is 55.6 Å². The molecule has 1 atom stereocenters. The fourth-order valence-corrected chi connectivity index (χ4v) is 5.00. The zero-order valence-corrected chi connectivity index (χ0v) is 14.4. The molecule has 1 aromatic rings. The molecule has 1 aliphatic carbocycles. The first kappa shape index (κ1) is 16.1. The van der Waals surface area contributed by atoms with Crippen molar-refractivity contribution in [2.45, 2.75) is 55.9 Å². The van der Waals surface area contributed by atoms with Gasteiger partial charge in [0, 0.05) is 31.7 Å². The number of nitrogens with two attached hydrogens (primary N) is 1. The molecule has 4 rings (SSSR count). The summed E-state index contributed by atoms with van der Waals surface area (Å²) in [6, 6.07) is 8.84. The number of fused-ring (bicyclic) bond motifs is 2. The number of carbonyl (C=O) groups is 1. The molecule has 2 fully saturated rings. The molecule has 130 valence electrons. The summed E-state index contributed by atoms with van der Waals surface area (Å²) in [6.45, 7) is 2.89. The summed E-state index contributed by atoms with van der Waals surface area (Å²) in [7, 11) is 0. The third-order valence-corrected chi connectivity index (χ3v) is 6.37. The van der Waals surface area contributed by atoms with Crippen LogP contribution >= 0.6 is 0 Å². The van der Waals surface area contributed by atoms with Gasteiger partial charge in [-0.1, -0.05) is 24.3 Å². The molecule has 1 unspecified atom stereocenters. The highest BCUT2D eigenvalue weighted by molar-refractivity contribution is 5.86. The fourth-order valence-electron chi connectivity index (χ4n) is 5.00. The van der Waals surface area contributed by atoms with E-state index in [1.54, 1.807) is 0 Å². The predicted octanol–water partition coefficient (Wildman–Crippen LogP) is 2.39. The number of piperidine rings is 1.